The number of carbonyl (C=O) groups is 2. The predicted molar refractivity (Wildman–Crippen MR) is 105 cm³/mol. The predicted octanol–water partition coefficient (Wildman–Crippen LogP) is 4.21. The first-order valence-electron chi connectivity index (χ1n) is 8.76. The van der Waals surface area contributed by atoms with Crippen molar-refractivity contribution in [2.75, 3.05) is 6.61 Å². The van der Waals surface area contributed by atoms with Crippen LogP contribution >= 0.6 is 22.6 Å². The first kappa shape index (κ1) is 18.2. The van der Waals surface area contributed by atoms with E-state index in [1.807, 2.05) is 31.2 Å². The molecular weight excluding hydrogens is 429 g/mol. The number of Topliss-reactive ketones (excluding diaryl/α,β-unsaturated/α-hetero) is 1. The fourth-order valence-electron chi connectivity index (χ4n) is 3.65. The number of dihydropyridines is 1. The molecule has 1 aromatic carbocycles. The number of allylic oxidation sites excluding steroid dienone is 3. The molecule has 2 aliphatic rings. The van der Waals surface area contributed by atoms with Gasteiger partial charge in [0.05, 0.1) is 12.2 Å². The summed E-state index contributed by atoms with van der Waals surface area (Å²) in [6.07, 6.45) is 2.94. The Balaban J connectivity index is 2.22. The highest BCUT2D eigenvalue weighted by atomic mass is 127. The van der Waals surface area contributed by atoms with Crippen molar-refractivity contribution < 1.29 is 14.3 Å². The van der Waals surface area contributed by atoms with Crippen LogP contribution in [0.4, 0.5) is 0 Å². The first-order chi connectivity index (χ1) is 12.1. The summed E-state index contributed by atoms with van der Waals surface area (Å²) in [7, 11) is 0. The Labute approximate surface area is 161 Å². The molecule has 25 heavy (non-hydrogen) atoms. The average molecular weight is 451 g/mol. The van der Waals surface area contributed by atoms with Gasteiger partial charge >= 0.3 is 5.97 Å². The van der Waals surface area contributed by atoms with Gasteiger partial charge in [0.2, 0.25) is 0 Å². The minimum atomic E-state index is -0.342. The normalized spacial score (nSPS) is 20.3. The van der Waals surface area contributed by atoms with E-state index in [0.717, 1.165) is 38.9 Å². The quantitative estimate of drug-likeness (QED) is 0.551. The van der Waals surface area contributed by atoms with E-state index in [-0.39, 0.29) is 17.7 Å². The number of rotatable bonds is 4. The molecule has 1 aliphatic carbocycles. The number of ether oxygens (including phenoxy) is 1. The largest absolute Gasteiger partial charge is 0.463 e. The average Bonchev–Trinajstić information content (AvgIpc) is 2.61. The second-order valence-corrected chi connectivity index (χ2v) is 7.38. The molecule has 3 rings (SSSR count). The van der Waals surface area contributed by atoms with Crippen LogP contribution < -0.4 is 5.32 Å². The van der Waals surface area contributed by atoms with Gasteiger partial charge in [-0.25, -0.2) is 4.79 Å². The summed E-state index contributed by atoms with van der Waals surface area (Å²) >= 11 is 2.28. The fourth-order valence-corrected chi connectivity index (χ4v) is 4.34. The number of benzene rings is 1. The summed E-state index contributed by atoms with van der Waals surface area (Å²) in [5.74, 6) is -0.539. The van der Waals surface area contributed by atoms with E-state index in [4.69, 9.17) is 4.74 Å². The molecule has 0 saturated heterocycles. The van der Waals surface area contributed by atoms with E-state index < -0.39 is 0 Å². The van der Waals surface area contributed by atoms with Crippen molar-refractivity contribution >= 4 is 34.3 Å². The lowest BCUT2D eigenvalue weighted by molar-refractivity contribution is -0.138. The molecule has 0 bridgehead atoms. The van der Waals surface area contributed by atoms with Gasteiger partial charge in [0, 0.05) is 32.9 Å². The van der Waals surface area contributed by atoms with Crippen LogP contribution in [0.5, 0.6) is 0 Å². The van der Waals surface area contributed by atoms with Crippen molar-refractivity contribution in [3.8, 4) is 0 Å². The van der Waals surface area contributed by atoms with E-state index >= 15 is 0 Å². The number of halogens is 1. The number of hydrogen-bond donors (Lipinski definition) is 1. The molecule has 1 aliphatic heterocycles. The number of esters is 1. The number of ketones is 1. The van der Waals surface area contributed by atoms with E-state index in [1.165, 1.54) is 0 Å². The van der Waals surface area contributed by atoms with Crippen molar-refractivity contribution in [2.24, 2.45) is 0 Å². The lowest BCUT2D eigenvalue weighted by Gasteiger charge is -2.35. The number of carbonyl (C=O) groups excluding carboxylic acids is 2. The highest BCUT2D eigenvalue weighted by molar-refractivity contribution is 14.1. The minimum absolute atomic E-state index is 0.135. The van der Waals surface area contributed by atoms with Crippen molar-refractivity contribution in [1.29, 1.82) is 0 Å². The molecule has 0 unspecified atom stereocenters. The van der Waals surface area contributed by atoms with Gasteiger partial charge in [-0.1, -0.05) is 25.1 Å². The van der Waals surface area contributed by atoms with E-state index in [9.17, 15) is 9.59 Å². The molecule has 0 fully saturated rings. The Morgan fingerprint density at radius 3 is 2.72 bits per heavy atom. The topological polar surface area (TPSA) is 55.4 Å². The van der Waals surface area contributed by atoms with E-state index in [0.29, 0.717) is 25.0 Å². The van der Waals surface area contributed by atoms with Crippen LogP contribution in [0.1, 0.15) is 51.0 Å². The van der Waals surface area contributed by atoms with Crippen LogP contribution in [0.15, 0.2) is 46.8 Å². The molecule has 0 aromatic heterocycles. The van der Waals surface area contributed by atoms with Gasteiger partial charge in [0.25, 0.3) is 0 Å². The van der Waals surface area contributed by atoms with Crippen LogP contribution in [-0.2, 0) is 14.3 Å². The SMILES string of the molecule is CCOC(=O)C1=C(CC)NC2=C(C(=O)CCC2)[C@H]1c1ccccc1I. The lowest BCUT2D eigenvalue weighted by Crippen LogP contribution is -2.35. The summed E-state index contributed by atoms with van der Waals surface area (Å²) in [6.45, 7) is 4.14. The van der Waals surface area contributed by atoms with Crippen LogP contribution in [0.2, 0.25) is 0 Å². The molecule has 0 radical (unpaired) electrons. The molecule has 1 heterocycles. The van der Waals surface area contributed by atoms with Gasteiger partial charge in [0.1, 0.15) is 0 Å². The van der Waals surface area contributed by atoms with Crippen molar-refractivity contribution in [3.63, 3.8) is 0 Å². The van der Waals surface area contributed by atoms with Crippen molar-refractivity contribution in [2.45, 2.75) is 45.4 Å². The van der Waals surface area contributed by atoms with Crippen LogP contribution in [0.3, 0.4) is 0 Å². The molecule has 0 spiro atoms. The van der Waals surface area contributed by atoms with Crippen LogP contribution in [-0.4, -0.2) is 18.4 Å². The summed E-state index contributed by atoms with van der Waals surface area (Å²) < 4.78 is 6.40. The first-order valence-corrected chi connectivity index (χ1v) is 9.84. The Morgan fingerprint density at radius 2 is 2.04 bits per heavy atom. The van der Waals surface area contributed by atoms with Crippen LogP contribution in [0, 0.1) is 3.57 Å². The monoisotopic (exact) mass is 451 g/mol. The molecule has 132 valence electrons. The van der Waals surface area contributed by atoms with Gasteiger partial charge in [-0.3, -0.25) is 4.79 Å². The summed E-state index contributed by atoms with van der Waals surface area (Å²) in [5, 5.41) is 3.38. The number of hydrogen-bond acceptors (Lipinski definition) is 4. The summed E-state index contributed by atoms with van der Waals surface area (Å²) in [4.78, 5) is 25.6. The van der Waals surface area contributed by atoms with Crippen molar-refractivity contribution in [1.82, 2.24) is 5.32 Å². The third-order valence-electron chi connectivity index (χ3n) is 4.73. The van der Waals surface area contributed by atoms with Gasteiger partial charge in [-0.05, 0) is 60.4 Å². The zero-order valence-corrected chi connectivity index (χ0v) is 16.7. The maximum Gasteiger partial charge on any atom is 0.336 e. The lowest BCUT2D eigenvalue weighted by atomic mass is 9.75. The molecule has 4 nitrogen and oxygen atoms in total. The minimum Gasteiger partial charge on any atom is -0.463 e. The Hall–Kier alpha value is -1.63. The smallest absolute Gasteiger partial charge is 0.336 e. The Morgan fingerprint density at radius 1 is 1.28 bits per heavy atom. The molecule has 0 amide bonds. The summed E-state index contributed by atoms with van der Waals surface area (Å²) in [6, 6.07) is 7.96. The Bertz CT molecular complexity index is 779. The molecule has 1 N–H and O–H groups in total. The van der Waals surface area contributed by atoms with E-state index in [1.54, 1.807) is 6.92 Å². The van der Waals surface area contributed by atoms with Crippen molar-refractivity contribution in [3.05, 3.63) is 55.9 Å². The van der Waals surface area contributed by atoms with Gasteiger partial charge < -0.3 is 10.1 Å². The highest BCUT2D eigenvalue weighted by Gasteiger charge is 2.40. The second-order valence-electron chi connectivity index (χ2n) is 6.21. The van der Waals surface area contributed by atoms with Crippen LogP contribution in [0.25, 0.3) is 0 Å². The Kier molecular flexibility index (Phi) is 5.61. The second kappa shape index (κ2) is 7.72. The molecular formula is C20H22INO3. The molecule has 1 atom stereocenters. The maximum atomic E-state index is 12.8. The zero-order chi connectivity index (χ0) is 18.0. The fraction of sp³-hybridized carbons (Fsp3) is 0.400. The highest BCUT2D eigenvalue weighted by Crippen LogP contribution is 2.44. The van der Waals surface area contributed by atoms with Gasteiger partial charge in [0.15, 0.2) is 5.78 Å². The standard InChI is InChI=1S/C20H22INO3/c1-3-14-19(20(24)25-4-2)17(12-8-5-6-9-13(12)21)18-15(22-14)10-7-11-16(18)23/h5-6,8-9,17,22H,3-4,7,10-11H2,1-2H3/t17-/m1/s1. The third kappa shape index (κ3) is 3.38. The molecule has 5 heteroatoms. The third-order valence-corrected chi connectivity index (χ3v) is 5.71. The van der Waals surface area contributed by atoms with E-state index in [2.05, 4.69) is 27.9 Å². The summed E-state index contributed by atoms with van der Waals surface area (Å²) in [5.41, 5.74) is 4.18. The number of nitrogens with one attached hydrogen (secondary N) is 1. The van der Waals surface area contributed by atoms with Gasteiger partial charge in [-0.15, -0.1) is 0 Å². The zero-order valence-electron chi connectivity index (χ0n) is 14.5. The molecule has 0 saturated carbocycles. The maximum absolute atomic E-state index is 12.8. The van der Waals surface area contributed by atoms with Gasteiger partial charge in [-0.2, -0.15) is 0 Å². The molecule has 1 aromatic rings.